The predicted molar refractivity (Wildman–Crippen MR) is 98.8 cm³/mol. The Morgan fingerprint density at radius 3 is 2.76 bits per heavy atom. The lowest BCUT2D eigenvalue weighted by molar-refractivity contribution is 0.111. The van der Waals surface area contributed by atoms with E-state index in [1.54, 1.807) is 4.90 Å². The molecule has 2 rings (SSSR count). The number of aromatic nitrogens is 1. The van der Waals surface area contributed by atoms with Gasteiger partial charge in [0.25, 0.3) is 0 Å². The van der Waals surface area contributed by atoms with Gasteiger partial charge in [-0.15, -0.1) is 0 Å². The third-order valence-corrected chi connectivity index (χ3v) is 4.26. The summed E-state index contributed by atoms with van der Waals surface area (Å²) in [7, 11) is 1.42. The molecular formula is C18H29N5O2. The number of piperidine rings is 1. The van der Waals surface area contributed by atoms with Crippen molar-refractivity contribution >= 4 is 12.1 Å². The van der Waals surface area contributed by atoms with Crippen LogP contribution in [-0.2, 0) is 11.2 Å². The Bertz CT molecular complexity index is 565. The number of methoxy groups -OCH3 is 1. The first kappa shape index (κ1) is 19.0. The van der Waals surface area contributed by atoms with Gasteiger partial charge in [-0.3, -0.25) is 9.98 Å². The first-order valence-electron chi connectivity index (χ1n) is 8.91. The molecule has 7 nitrogen and oxygen atoms in total. The summed E-state index contributed by atoms with van der Waals surface area (Å²) in [6, 6.07) is 4.44. The SMILES string of the molecule is CCNC(=NCCc1ccc(C)nc1)NC1CCN(C(=O)OC)CC1. The maximum Gasteiger partial charge on any atom is 0.409 e. The summed E-state index contributed by atoms with van der Waals surface area (Å²) in [5.74, 6) is 0.832. The number of likely N-dealkylation sites (tertiary alicyclic amines) is 1. The molecule has 0 aromatic carbocycles. The van der Waals surface area contributed by atoms with Gasteiger partial charge >= 0.3 is 6.09 Å². The normalized spacial score (nSPS) is 15.8. The molecule has 1 aliphatic rings. The van der Waals surface area contributed by atoms with E-state index in [0.717, 1.165) is 37.5 Å². The van der Waals surface area contributed by atoms with Crippen molar-refractivity contribution in [3.8, 4) is 0 Å². The highest BCUT2D eigenvalue weighted by molar-refractivity contribution is 5.80. The molecule has 2 heterocycles. The lowest BCUT2D eigenvalue weighted by Gasteiger charge is -2.32. The van der Waals surface area contributed by atoms with Crippen LogP contribution in [0, 0.1) is 6.92 Å². The van der Waals surface area contributed by atoms with Crippen LogP contribution in [0.25, 0.3) is 0 Å². The number of guanidine groups is 1. The van der Waals surface area contributed by atoms with Crippen molar-refractivity contribution in [2.45, 2.75) is 39.2 Å². The lowest BCUT2D eigenvalue weighted by atomic mass is 10.1. The fourth-order valence-corrected chi connectivity index (χ4v) is 2.79. The van der Waals surface area contributed by atoms with Crippen molar-refractivity contribution in [2.75, 3.05) is 33.3 Å². The van der Waals surface area contributed by atoms with Gasteiger partial charge in [0.1, 0.15) is 0 Å². The van der Waals surface area contributed by atoms with Crippen molar-refractivity contribution < 1.29 is 9.53 Å². The molecule has 2 N–H and O–H groups in total. The number of hydrogen-bond acceptors (Lipinski definition) is 4. The van der Waals surface area contributed by atoms with E-state index in [1.165, 1.54) is 12.7 Å². The standard InChI is InChI=1S/C18H29N5O2/c1-4-19-17(20-10-7-15-6-5-14(2)21-13-15)22-16-8-11-23(12-9-16)18(24)25-3/h5-6,13,16H,4,7-12H2,1-3H3,(H2,19,20,22). The quantitative estimate of drug-likeness (QED) is 0.626. The second kappa shape index (κ2) is 9.86. The number of nitrogens with zero attached hydrogens (tertiary/aromatic N) is 3. The van der Waals surface area contributed by atoms with Gasteiger partial charge in [0, 0.05) is 44.1 Å². The van der Waals surface area contributed by atoms with Gasteiger partial charge < -0.3 is 20.3 Å². The van der Waals surface area contributed by atoms with Crippen LogP contribution in [0.3, 0.4) is 0 Å². The minimum absolute atomic E-state index is 0.245. The highest BCUT2D eigenvalue weighted by atomic mass is 16.5. The molecule has 7 heteroatoms. The number of ether oxygens (including phenoxy) is 1. The van der Waals surface area contributed by atoms with E-state index < -0.39 is 0 Å². The molecule has 0 aliphatic carbocycles. The van der Waals surface area contributed by atoms with Crippen LogP contribution in [0.15, 0.2) is 23.3 Å². The number of amides is 1. The summed E-state index contributed by atoms with van der Waals surface area (Å²) < 4.78 is 4.77. The van der Waals surface area contributed by atoms with E-state index in [1.807, 2.05) is 19.2 Å². The van der Waals surface area contributed by atoms with E-state index >= 15 is 0 Å². The third kappa shape index (κ3) is 6.25. The Hall–Kier alpha value is -2.31. The highest BCUT2D eigenvalue weighted by Crippen LogP contribution is 2.11. The van der Waals surface area contributed by atoms with Gasteiger partial charge in [-0.2, -0.15) is 0 Å². The van der Waals surface area contributed by atoms with Crippen LogP contribution in [0.2, 0.25) is 0 Å². The average molecular weight is 347 g/mol. The Kier molecular flexibility index (Phi) is 7.50. The summed E-state index contributed by atoms with van der Waals surface area (Å²) in [4.78, 5) is 22.3. The van der Waals surface area contributed by atoms with E-state index in [0.29, 0.717) is 25.7 Å². The van der Waals surface area contributed by atoms with Gasteiger partial charge in [-0.05, 0) is 44.7 Å². The number of aryl methyl sites for hydroxylation is 1. The van der Waals surface area contributed by atoms with Gasteiger partial charge in [-0.1, -0.05) is 6.07 Å². The van der Waals surface area contributed by atoms with Crippen LogP contribution >= 0.6 is 0 Å². The number of carbonyl (C=O) groups is 1. The van der Waals surface area contributed by atoms with Crippen LogP contribution in [0.5, 0.6) is 0 Å². The van der Waals surface area contributed by atoms with E-state index in [-0.39, 0.29) is 6.09 Å². The lowest BCUT2D eigenvalue weighted by Crippen LogP contribution is -2.49. The summed E-state index contributed by atoms with van der Waals surface area (Å²) in [6.07, 6.45) is 4.31. The van der Waals surface area contributed by atoms with Crippen molar-refractivity contribution in [1.29, 1.82) is 0 Å². The van der Waals surface area contributed by atoms with Crippen molar-refractivity contribution in [2.24, 2.45) is 4.99 Å². The number of aliphatic imine (C=N–C) groups is 1. The molecule has 0 radical (unpaired) electrons. The molecule has 0 unspecified atom stereocenters. The van der Waals surface area contributed by atoms with Crippen LogP contribution in [-0.4, -0.2) is 61.3 Å². The van der Waals surface area contributed by atoms with Crippen molar-refractivity contribution in [3.63, 3.8) is 0 Å². The monoisotopic (exact) mass is 347 g/mol. The first-order valence-corrected chi connectivity index (χ1v) is 8.91. The number of rotatable bonds is 5. The Balaban J connectivity index is 1.81. The van der Waals surface area contributed by atoms with E-state index in [4.69, 9.17) is 4.74 Å². The zero-order valence-electron chi connectivity index (χ0n) is 15.4. The molecule has 1 fully saturated rings. The fraction of sp³-hybridized carbons (Fsp3) is 0.611. The maximum absolute atomic E-state index is 11.5. The van der Waals surface area contributed by atoms with Gasteiger partial charge in [0.15, 0.2) is 5.96 Å². The van der Waals surface area contributed by atoms with Crippen LogP contribution in [0.1, 0.15) is 31.0 Å². The van der Waals surface area contributed by atoms with Crippen molar-refractivity contribution in [1.82, 2.24) is 20.5 Å². The molecule has 0 bridgehead atoms. The molecular weight excluding hydrogens is 318 g/mol. The minimum atomic E-state index is -0.245. The number of pyridine rings is 1. The summed E-state index contributed by atoms with van der Waals surface area (Å²) in [6.45, 7) is 6.99. The molecule has 0 atom stereocenters. The predicted octanol–water partition coefficient (Wildman–Crippen LogP) is 1.72. The molecule has 1 aromatic rings. The zero-order valence-corrected chi connectivity index (χ0v) is 15.4. The third-order valence-electron chi connectivity index (χ3n) is 4.26. The summed E-state index contributed by atoms with van der Waals surface area (Å²) >= 11 is 0. The van der Waals surface area contributed by atoms with Gasteiger partial charge in [-0.25, -0.2) is 4.79 Å². The van der Waals surface area contributed by atoms with E-state index in [2.05, 4.69) is 33.6 Å². The van der Waals surface area contributed by atoms with Gasteiger partial charge in [0.2, 0.25) is 0 Å². The number of carbonyl (C=O) groups excluding carboxylic acids is 1. The fourth-order valence-electron chi connectivity index (χ4n) is 2.79. The zero-order chi connectivity index (χ0) is 18.1. The second-order valence-electron chi connectivity index (χ2n) is 6.19. The molecule has 0 spiro atoms. The van der Waals surface area contributed by atoms with Crippen LogP contribution in [0.4, 0.5) is 4.79 Å². The maximum atomic E-state index is 11.5. The molecule has 1 amide bonds. The van der Waals surface area contributed by atoms with Crippen LogP contribution < -0.4 is 10.6 Å². The first-order chi connectivity index (χ1) is 12.1. The Labute approximate surface area is 149 Å². The number of nitrogens with one attached hydrogen (secondary N) is 2. The average Bonchev–Trinajstić information content (AvgIpc) is 2.63. The summed E-state index contributed by atoms with van der Waals surface area (Å²) in [5.41, 5.74) is 2.22. The Morgan fingerprint density at radius 1 is 1.40 bits per heavy atom. The molecule has 1 aliphatic heterocycles. The molecule has 138 valence electrons. The molecule has 1 saturated heterocycles. The Morgan fingerprint density at radius 2 is 2.16 bits per heavy atom. The highest BCUT2D eigenvalue weighted by Gasteiger charge is 2.23. The van der Waals surface area contributed by atoms with Gasteiger partial charge in [0.05, 0.1) is 7.11 Å². The molecule has 1 aromatic heterocycles. The second-order valence-corrected chi connectivity index (χ2v) is 6.19. The number of hydrogen-bond donors (Lipinski definition) is 2. The van der Waals surface area contributed by atoms with E-state index in [9.17, 15) is 4.79 Å². The molecule has 0 saturated carbocycles. The van der Waals surface area contributed by atoms with Crippen molar-refractivity contribution in [3.05, 3.63) is 29.6 Å². The summed E-state index contributed by atoms with van der Waals surface area (Å²) in [5, 5.41) is 6.76. The smallest absolute Gasteiger partial charge is 0.409 e. The molecule has 25 heavy (non-hydrogen) atoms. The minimum Gasteiger partial charge on any atom is -0.453 e. The topological polar surface area (TPSA) is 78.9 Å². The largest absolute Gasteiger partial charge is 0.453 e.